The van der Waals surface area contributed by atoms with E-state index in [-0.39, 0.29) is 31.0 Å². The van der Waals surface area contributed by atoms with Crippen LogP contribution in [0.2, 0.25) is 0 Å². The van der Waals surface area contributed by atoms with Gasteiger partial charge in [0.15, 0.2) is 0 Å². The third-order valence-electron chi connectivity index (χ3n) is 5.74. The predicted molar refractivity (Wildman–Crippen MR) is 104 cm³/mol. The molecule has 2 atom stereocenters. The molecule has 1 saturated heterocycles. The van der Waals surface area contributed by atoms with Crippen molar-refractivity contribution < 1.29 is 22.3 Å². The van der Waals surface area contributed by atoms with Crippen molar-refractivity contribution in [2.75, 3.05) is 42.6 Å². The molecule has 0 aromatic carbocycles. The molecule has 30 heavy (non-hydrogen) atoms. The first-order valence-electron chi connectivity index (χ1n) is 10.0. The van der Waals surface area contributed by atoms with E-state index in [0.717, 1.165) is 10.5 Å². The molecule has 3 aliphatic rings. The normalized spacial score (nSPS) is 25.0. The van der Waals surface area contributed by atoms with E-state index >= 15 is 0 Å². The van der Waals surface area contributed by atoms with Gasteiger partial charge in [-0.3, -0.25) is 9.36 Å². The Kier molecular flexibility index (Phi) is 5.61. The number of rotatable bonds is 3. The first-order chi connectivity index (χ1) is 14.2. The Bertz CT molecular complexity index is 918. The van der Waals surface area contributed by atoms with Gasteiger partial charge in [-0.25, -0.2) is 4.39 Å². The molecule has 0 saturated carbocycles. The van der Waals surface area contributed by atoms with Crippen LogP contribution in [0.3, 0.4) is 0 Å². The number of hydrogen-bond donors (Lipinski definition) is 0. The number of aromatic nitrogens is 2. The number of nitrogens with zero attached hydrogens (tertiary/aromatic N) is 4. The van der Waals surface area contributed by atoms with Crippen LogP contribution in [0.4, 0.5) is 29.3 Å². The lowest BCUT2D eigenvalue weighted by atomic mass is 9.93. The lowest BCUT2D eigenvalue weighted by Crippen LogP contribution is -2.54. The molecule has 1 aliphatic carbocycles. The summed E-state index contributed by atoms with van der Waals surface area (Å²) in [5.41, 5.74) is 0.390. The number of fused-ring (bicyclic) bond motifs is 1. The van der Waals surface area contributed by atoms with Crippen LogP contribution in [0.5, 0.6) is 0 Å². The van der Waals surface area contributed by atoms with Gasteiger partial charge in [0, 0.05) is 38.2 Å². The van der Waals surface area contributed by atoms with Crippen molar-refractivity contribution in [1.29, 1.82) is 0 Å². The summed E-state index contributed by atoms with van der Waals surface area (Å²) in [5, 5.41) is 0. The van der Waals surface area contributed by atoms with Gasteiger partial charge in [-0.2, -0.15) is 18.2 Å². The summed E-state index contributed by atoms with van der Waals surface area (Å²) in [6.45, 7) is 3.59. The van der Waals surface area contributed by atoms with E-state index in [2.05, 4.69) is 4.98 Å². The number of ether oxygens (including phenoxy) is 1. The fraction of sp³-hybridized carbons (Fsp3) is 0.600. The van der Waals surface area contributed by atoms with Gasteiger partial charge in [0.1, 0.15) is 17.7 Å². The highest BCUT2D eigenvalue weighted by Crippen LogP contribution is 2.36. The van der Waals surface area contributed by atoms with Gasteiger partial charge in [0.25, 0.3) is 5.56 Å². The monoisotopic (exact) mass is 428 g/mol. The van der Waals surface area contributed by atoms with Crippen molar-refractivity contribution in [2.45, 2.75) is 38.5 Å². The number of morpholine rings is 1. The van der Waals surface area contributed by atoms with Crippen molar-refractivity contribution in [1.82, 2.24) is 9.55 Å². The van der Waals surface area contributed by atoms with E-state index in [9.17, 15) is 22.4 Å². The van der Waals surface area contributed by atoms with Crippen LogP contribution < -0.4 is 15.4 Å². The standard InChI is InChI=1S/C20H24F4N4O2/c1-13-8-14(10-15(21)9-13)12-28-16(20(22,23)24)2-3-27-18(29)11-17(25-19(27)28)26-4-6-30-7-5-26/h9-11,14,16H,2-8,12H2,1H3/t14?,16-/m0/s1. The molecule has 4 rings (SSSR count). The number of alkyl halides is 3. The van der Waals surface area contributed by atoms with Crippen LogP contribution >= 0.6 is 0 Å². The molecule has 0 amide bonds. The third kappa shape index (κ3) is 4.23. The highest BCUT2D eigenvalue weighted by Gasteiger charge is 2.47. The van der Waals surface area contributed by atoms with E-state index in [0.29, 0.717) is 38.5 Å². The molecule has 0 radical (unpaired) electrons. The van der Waals surface area contributed by atoms with E-state index in [1.807, 2.05) is 4.90 Å². The molecule has 3 heterocycles. The zero-order valence-corrected chi connectivity index (χ0v) is 16.7. The quantitative estimate of drug-likeness (QED) is 0.693. The van der Waals surface area contributed by atoms with E-state index in [1.165, 1.54) is 22.8 Å². The Hall–Kier alpha value is -2.36. The molecule has 0 bridgehead atoms. The number of anilines is 2. The zero-order chi connectivity index (χ0) is 21.5. The Morgan fingerprint density at radius 1 is 1.23 bits per heavy atom. The van der Waals surface area contributed by atoms with Crippen LogP contribution in [0, 0.1) is 5.92 Å². The largest absolute Gasteiger partial charge is 0.408 e. The van der Waals surface area contributed by atoms with Crippen molar-refractivity contribution in [3.8, 4) is 0 Å². The number of hydrogen-bond acceptors (Lipinski definition) is 5. The summed E-state index contributed by atoms with van der Waals surface area (Å²) in [6, 6.07) is -0.402. The van der Waals surface area contributed by atoms with Gasteiger partial charge in [0.2, 0.25) is 5.95 Å². The molecule has 0 spiro atoms. The molecule has 2 aliphatic heterocycles. The van der Waals surface area contributed by atoms with Crippen molar-refractivity contribution >= 4 is 11.8 Å². The minimum Gasteiger partial charge on any atom is -0.378 e. The highest BCUT2D eigenvalue weighted by atomic mass is 19.4. The number of allylic oxidation sites excluding steroid dienone is 3. The summed E-state index contributed by atoms with van der Waals surface area (Å²) in [6.07, 6.45) is -1.53. The summed E-state index contributed by atoms with van der Waals surface area (Å²) >= 11 is 0. The van der Waals surface area contributed by atoms with Crippen LogP contribution in [0.25, 0.3) is 0 Å². The van der Waals surface area contributed by atoms with Gasteiger partial charge < -0.3 is 14.5 Å². The van der Waals surface area contributed by atoms with Crippen molar-refractivity contribution in [3.05, 3.63) is 40.0 Å². The first kappa shape index (κ1) is 20.9. The topological polar surface area (TPSA) is 50.6 Å². The van der Waals surface area contributed by atoms with E-state index < -0.39 is 24.0 Å². The second-order valence-corrected chi connectivity index (χ2v) is 8.01. The number of halogens is 4. The molecule has 10 heteroatoms. The molecule has 164 valence electrons. The predicted octanol–water partition coefficient (Wildman–Crippen LogP) is 3.04. The maximum atomic E-state index is 13.9. The Balaban J connectivity index is 1.73. The van der Waals surface area contributed by atoms with Gasteiger partial charge >= 0.3 is 6.18 Å². The Morgan fingerprint density at radius 3 is 2.63 bits per heavy atom. The minimum absolute atomic E-state index is 0.00131. The van der Waals surface area contributed by atoms with E-state index in [4.69, 9.17) is 4.74 Å². The molecule has 6 nitrogen and oxygen atoms in total. The minimum atomic E-state index is -4.49. The Labute approximate surface area is 171 Å². The SMILES string of the molecule is CC1=CC(F)=CC(CN2c3nc(N4CCOCC4)cc(=O)n3CC[C@H]2C(F)(F)F)C1. The summed E-state index contributed by atoms with van der Waals surface area (Å²) in [4.78, 5) is 20.2. The van der Waals surface area contributed by atoms with Crippen LogP contribution in [0.15, 0.2) is 34.4 Å². The average molecular weight is 428 g/mol. The van der Waals surface area contributed by atoms with Crippen molar-refractivity contribution in [3.63, 3.8) is 0 Å². The van der Waals surface area contributed by atoms with Gasteiger partial charge in [0.05, 0.1) is 13.2 Å². The summed E-state index contributed by atoms with van der Waals surface area (Å²) < 4.78 is 62.1. The fourth-order valence-electron chi connectivity index (χ4n) is 4.37. The summed E-state index contributed by atoms with van der Waals surface area (Å²) in [5.74, 6) is -0.533. The zero-order valence-electron chi connectivity index (χ0n) is 16.7. The maximum Gasteiger partial charge on any atom is 0.408 e. The first-order valence-corrected chi connectivity index (χ1v) is 10.0. The van der Waals surface area contributed by atoms with Crippen LogP contribution in [0.1, 0.15) is 19.8 Å². The van der Waals surface area contributed by atoms with Crippen LogP contribution in [-0.4, -0.2) is 54.6 Å². The second kappa shape index (κ2) is 8.05. The summed E-state index contributed by atoms with van der Waals surface area (Å²) in [7, 11) is 0. The fourth-order valence-corrected chi connectivity index (χ4v) is 4.37. The maximum absolute atomic E-state index is 13.9. The molecular formula is C20H24F4N4O2. The van der Waals surface area contributed by atoms with Gasteiger partial charge in [-0.15, -0.1) is 0 Å². The molecular weight excluding hydrogens is 404 g/mol. The second-order valence-electron chi connectivity index (χ2n) is 8.01. The van der Waals surface area contributed by atoms with Gasteiger partial charge in [-0.1, -0.05) is 5.57 Å². The molecule has 1 aromatic heterocycles. The lowest BCUT2D eigenvalue weighted by Gasteiger charge is -2.41. The molecule has 1 aromatic rings. The molecule has 1 fully saturated rings. The van der Waals surface area contributed by atoms with Crippen molar-refractivity contribution in [2.24, 2.45) is 5.92 Å². The molecule has 0 N–H and O–H groups in total. The average Bonchev–Trinajstić information content (AvgIpc) is 2.67. The third-order valence-corrected chi connectivity index (χ3v) is 5.74. The van der Waals surface area contributed by atoms with Crippen LogP contribution in [-0.2, 0) is 11.3 Å². The van der Waals surface area contributed by atoms with E-state index in [1.54, 1.807) is 6.92 Å². The smallest absolute Gasteiger partial charge is 0.378 e. The molecule has 1 unspecified atom stereocenters. The Morgan fingerprint density at radius 2 is 1.97 bits per heavy atom. The van der Waals surface area contributed by atoms with Gasteiger partial charge in [-0.05, 0) is 31.9 Å². The lowest BCUT2D eigenvalue weighted by molar-refractivity contribution is -0.153. The highest BCUT2D eigenvalue weighted by molar-refractivity contribution is 5.47.